The molecule has 0 heterocycles. The molecular formula is C16H24N3O10P. The van der Waals surface area contributed by atoms with Gasteiger partial charge in [-0.3, -0.25) is 14.5 Å². The number of hydrogen-bond acceptors (Lipinski definition) is 11. The lowest BCUT2D eigenvalue weighted by Crippen LogP contribution is -2.44. The van der Waals surface area contributed by atoms with E-state index in [1.807, 2.05) is 0 Å². The maximum atomic E-state index is 12.0. The lowest BCUT2D eigenvalue weighted by atomic mass is 10.1. The fraction of sp³-hybridized carbons (Fsp3) is 0.438. The Labute approximate surface area is 171 Å². The van der Waals surface area contributed by atoms with Crippen LogP contribution in [0.25, 0.3) is 0 Å². The van der Waals surface area contributed by atoms with Gasteiger partial charge in [0.05, 0.1) is 6.10 Å². The van der Waals surface area contributed by atoms with Crippen LogP contribution in [0.15, 0.2) is 24.3 Å². The van der Waals surface area contributed by atoms with Crippen LogP contribution in [0.1, 0.15) is 12.5 Å². The monoisotopic (exact) mass is 449 g/mol. The molecular weight excluding hydrogens is 425 g/mol. The Kier molecular flexibility index (Phi) is 9.36. The van der Waals surface area contributed by atoms with Gasteiger partial charge in [0, 0.05) is 0 Å². The first-order valence-corrected chi connectivity index (χ1v) is 10.0. The van der Waals surface area contributed by atoms with E-state index >= 15 is 0 Å². The summed E-state index contributed by atoms with van der Waals surface area (Å²) in [7, 11) is -4.92. The van der Waals surface area contributed by atoms with E-state index in [1.54, 1.807) is 0 Å². The van der Waals surface area contributed by atoms with Gasteiger partial charge in [-0.15, -0.1) is 0 Å². The number of phosphoric acid groups is 1. The van der Waals surface area contributed by atoms with Gasteiger partial charge in [0.1, 0.15) is 30.5 Å². The molecule has 0 bridgehead atoms. The highest BCUT2D eigenvalue weighted by molar-refractivity contribution is 7.48. The highest BCUT2D eigenvalue weighted by atomic mass is 31.2. The van der Waals surface area contributed by atoms with Crippen LogP contribution in [0.2, 0.25) is 0 Å². The van der Waals surface area contributed by atoms with Crippen molar-refractivity contribution in [1.82, 2.24) is 0 Å². The van der Waals surface area contributed by atoms with Crippen LogP contribution in [0, 0.1) is 0 Å². The van der Waals surface area contributed by atoms with E-state index in [0.29, 0.717) is 5.56 Å². The molecule has 13 nitrogen and oxygen atoms in total. The number of esters is 1. The smallest absolute Gasteiger partial charge is 0.480 e. The molecule has 0 radical (unpaired) electrons. The molecule has 0 spiro atoms. The molecule has 0 saturated carbocycles. The summed E-state index contributed by atoms with van der Waals surface area (Å²) in [5.74, 6) is -3.75. The summed E-state index contributed by atoms with van der Waals surface area (Å²) >= 11 is 0. The van der Waals surface area contributed by atoms with E-state index in [2.05, 4.69) is 9.26 Å². The summed E-state index contributed by atoms with van der Waals surface area (Å²) < 4.78 is 25.6. The highest BCUT2D eigenvalue weighted by Crippen LogP contribution is 2.44. The second-order valence-corrected chi connectivity index (χ2v) is 7.57. The molecule has 1 aromatic carbocycles. The third-order valence-corrected chi connectivity index (χ3v) is 4.47. The number of carboxylic acid groups (broad SMARTS) is 1. The summed E-state index contributed by atoms with van der Waals surface area (Å²) in [4.78, 5) is 43.7. The zero-order valence-electron chi connectivity index (χ0n) is 15.9. The lowest BCUT2D eigenvalue weighted by molar-refractivity contribution is -0.150. The van der Waals surface area contributed by atoms with Crippen molar-refractivity contribution >= 4 is 25.7 Å². The van der Waals surface area contributed by atoms with Gasteiger partial charge < -0.3 is 41.2 Å². The van der Waals surface area contributed by atoms with Crippen LogP contribution in [0.3, 0.4) is 0 Å². The number of aliphatic hydroxyl groups is 1. The molecule has 14 heteroatoms. The predicted octanol–water partition coefficient (Wildman–Crippen LogP) is -1.76. The first kappa shape index (κ1) is 25.5. The Bertz CT molecular complexity index is 801. The van der Waals surface area contributed by atoms with E-state index in [1.165, 1.54) is 31.2 Å². The average molecular weight is 449 g/mol. The normalized spacial score (nSPS) is 17.0. The van der Waals surface area contributed by atoms with Gasteiger partial charge in [-0.25, -0.2) is 9.36 Å². The molecule has 9 N–H and O–H groups in total. The lowest BCUT2D eigenvalue weighted by Gasteiger charge is -2.17. The van der Waals surface area contributed by atoms with Gasteiger partial charge in [-0.1, -0.05) is 12.1 Å². The number of carboxylic acids is 1. The average Bonchev–Trinajstić information content (AvgIpc) is 2.65. The number of carbonyl (C=O) groups is 3. The minimum absolute atomic E-state index is 0.0215. The van der Waals surface area contributed by atoms with Crippen molar-refractivity contribution in [3.05, 3.63) is 29.8 Å². The van der Waals surface area contributed by atoms with E-state index < -0.39 is 56.6 Å². The second kappa shape index (κ2) is 11.0. The van der Waals surface area contributed by atoms with Gasteiger partial charge in [-0.05, 0) is 31.0 Å². The quantitative estimate of drug-likeness (QED) is 0.162. The Hall–Kier alpha value is -2.54. The number of aliphatic hydroxyl groups excluding tert-OH is 1. The maximum absolute atomic E-state index is 12.0. The molecule has 0 aliphatic rings. The van der Waals surface area contributed by atoms with E-state index in [4.69, 9.17) is 26.8 Å². The number of ether oxygens (including phenoxy) is 1. The van der Waals surface area contributed by atoms with Crippen molar-refractivity contribution in [2.45, 2.75) is 37.6 Å². The second-order valence-electron chi connectivity index (χ2n) is 6.27. The van der Waals surface area contributed by atoms with Crippen molar-refractivity contribution < 1.29 is 47.8 Å². The van der Waals surface area contributed by atoms with Gasteiger partial charge >= 0.3 is 25.7 Å². The zero-order valence-corrected chi connectivity index (χ0v) is 16.8. The maximum Gasteiger partial charge on any atom is 0.587 e. The molecule has 0 aliphatic carbocycles. The zero-order chi connectivity index (χ0) is 23.1. The summed E-state index contributed by atoms with van der Waals surface area (Å²) in [6, 6.07) is 1.24. The summed E-state index contributed by atoms with van der Waals surface area (Å²) in [6.07, 6.45) is -1.17. The molecule has 168 valence electrons. The number of carbonyl (C=O) groups excluding carboxylic acids is 2. The summed E-state index contributed by atoms with van der Waals surface area (Å²) in [6.45, 7) is 0.545. The fourth-order valence-corrected chi connectivity index (χ4v) is 2.68. The predicted molar refractivity (Wildman–Crippen MR) is 101 cm³/mol. The Morgan fingerprint density at radius 1 is 1.07 bits per heavy atom. The third kappa shape index (κ3) is 8.45. The molecule has 0 saturated heterocycles. The molecule has 0 aromatic heterocycles. The van der Waals surface area contributed by atoms with Crippen LogP contribution in [-0.2, 0) is 34.6 Å². The number of rotatable bonds is 11. The number of benzene rings is 1. The van der Waals surface area contributed by atoms with Crippen molar-refractivity contribution in [2.75, 3.05) is 6.61 Å². The minimum atomic E-state index is -4.92. The number of hydrogen-bond donors (Lipinski definition) is 6. The first-order valence-electron chi connectivity index (χ1n) is 8.51. The third-order valence-electron chi connectivity index (χ3n) is 3.62. The summed E-state index contributed by atoms with van der Waals surface area (Å²) in [5.41, 5.74) is 16.7. The molecule has 0 amide bonds. The Morgan fingerprint density at radius 3 is 2.13 bits per heavy atom. The van der Waals surface area contributed by atoms with Crippen LogP contribution < -0.4 is 21.7 Å². The van der Waals surface area contributed by atoms with Crippen LogP contribution in [0.4, 0.5) is 0 Å². The Morgan fingerprint density at radius 2 is 1.63 bits per heavy atom. The van der Waals surface area contributed by atoms with Crippen LogP contribution >= 0.6 is 7.82 Å². The Balaban J connectivity index is 2.59. The molecule has 0 fully saturated rings. The SMILES string of the molecule is C[C@@H](O)[C@H](N)C(=O)OC[C@H](N)C(=O)OP(=O)(O)Oc1ccc(C[C@H](N)C(=O)O)cc1. The van der Waals surface area contributed by atoms with Crippen LogP contribution in [-0.4, -0.2) is 63.9 Å². The summed E-state index contributed by atoms with van der Waals surface area (Å²) in [5, 5.41) is 18.0. The van der Waals surface area contributed by atoms with Gasteiger partial charge in [-0.2, -0.15) is 0 Å². The van der Waals surface area contributed by atoms with Gasteiger partial charge in [0.2, 0.25) is 0 Å². The topological polar surface area (TPSA) is 235 Å². The number of phosphoric ester groups is 1. The molecule has 5 atom stereocenters. The van der Waals surface area contributed by atoms with E-state index in [0.717, 1.165) is 0 Å². The molecule has 0 aliphatic heterocycles. The van der Waals surface area contributed by atoms with Crippen molar-refractivity contribution in [3.8, 4) is 5.75 Å². The number of aliphatic carboxylic acids is 1. The molecule has 30 heavy (non-hydrogen) atoms. The standard InChI is InChI=1S/C16H24N3O10P/c1-8(20)13(19)16(24)27-7-12(18)15(23)29-30(25,26)28-10-4-2-9(3-5-10)6-11(17)14(21)22/h2-5,8,11-13,20H,6-7,17-19H2,1H3,(H,21,22)(H,25,26)/t8-,11+,12+,13+/m1/s1. The van der Waals surface area contributed by atoms with E-state index in [-0.39, 0.29) is 12.2 Å². The minimum Gasteiger partial charge on any atom is -0.480 e. The van der Waals surface area contributed by atoms with Gasteiger partial charge in [0.15, 0.2) is 0 Å². The van der Waals surface area contributed by atoms with Crippen molar-refractivity contribution in [2.24, 2.45) is 17.2 Å². The molecule has 1 rings (SSSR count). The van der Waals surface area contributed by atoms with E-state index in [9.17, 15) is 28.9 Å². The first-order chi connectivity index (χ1) is 13.8. The highest BCUT2D eigenvalue weighted by Gasteiger charge is 2.32. The molecule has 1 aromatic rings. The number of nitrogens with two attached hydrogens (primary N) is 3. The molecule has 1 unspecified atom stereocenters. The van der Waals surface area contributed by atoms with Crippen LogP contribution in [0.5, 0.6) is 5.75 Å². The van der Waals surface area contributed by atoms with Gasteiger partial charge in [0.25, 0.3) is 0 Å². The fourth-order valence-electron chi connectivity index (χ4n) is 1.89. The largest absolute Gasteiger partial charge is 0.587 e. The van der Waals surface area contributed by atoms with Crippen molar-refractivity contribution in [1.29, 1.82) is 0 Å². The van der Waals surface area contributed by atoms with Crippen molar-refractivity contribution in [3.63, 3.8) is 0 Å².